The van der Waals surface area contributed by atoms with Crippen LogP contribution in [0.15, 0.2) is 48.5 Å². The van der Waals surface area contributed by atoms with Crippen molar-refractivity contribution in [2.45, 2.75) is 64.7 Å². The van der Waals surface area contributed by atoms with Crippen LogP contribution in [0.3, 0.4) is 0 Å². The molecule has 2 rings (SSSR count). The molecular formula is C27H35ClF3N3O4S. The average Bonchev–Trinajstić information content (AvgIpc) is 2.86. The summed E-state index contributed by atoms with van der Waals surface area (Å²) in [4.78, 5) is 27.8. The molecule has 0 saturated heterocycles. The van der Waals surface area contributed by atoms with Gasteiger partial charge in [0, 0.05) is 31.1 Å². The molecule has 39 heavy (non-hydrogen) atoms. The highest BCUT2D eigenvalue weighted by molar-refractivity contribution is 7.92. The molecule has 2 amide bonds. The Morgan fingerprint density at radius 2 is 1.74 bits per heavy atom. The Morgan fingerprint density at radius 1 is 1.05 bits per heavy atom. The molecular weight excluding hydrogens is 555 g/mol. The topological polar surface area (TPSA) is 86.8 Å². The van der Waals surface area contributed by atoms with Gasteiger partial charge in [-0.25, -0.2) is 8.42 Å². The van der Waals surface area contributed by atoms with E-state index in [0.717, 1.165) is 41.6 Å². The Hall–Kier alpha value is -2.79. The Balaban J connectivity index is 2.25. The number of sulfonamides is 1. The fourth-order valence-corrected chi connectivity index (χ4v) is 5.23. The third-order valence-electron chi connectivity index (χ3n) is 6.13. The van der Waals surface area contributed by atoms with Crippen LogP contribution in [0.5, 0.6) is 0 Å². The Labute approximate surface area is 233 Å². The van der Waals surface area contributed by atoms with E-state index in [-0.39, 0.29) is 37.5 Å². The van der Waals surface area contributed by atoms with Gasteiger partial charge < -0.3 is 10.2 Å². The molecule has 7 nitrogen and oxygen atoms in total. The smallest absolute Gasteiger partial charge is 0.354 e. The molecule has 0 aliphatic rings. The average molecular weight is 590 g/mol. The predicted molar refractivity (Wildman–Crippen MR) is 147 cm³/mol. The summed E-state index contributed by atoms with van der Waals surface area (Å²) in [6.07, 6.45) is -1.83. The zero-order valence-electron chi connectivity index (χ0n) is 22.3. The van der Waals surface area contributed by atoms with Crippen molar-refractivity contribution in [3.05, 3.63) is 64.7 Å². The molecule has 0 unspecified atom stereocenters. The van der Waals surface area contributed by atoms with Crippen molar-refractivity contribution in [1.29, 1.82) is 0 Å². The number of hydrogen-bond donors (Lipinski definition) is 1. The Bertz CT molecular complexity index is 1220. The summed E-state index contributed by atoms with van der Waals surface area (Å²) in [7, 11) is -3.94. The van der Waals surface area contributed by atoms with Crippen molar-refractivity contribution in [3.8, 4) is 0 Å². The van der Waals surface area contributed by atoms with Crippen molar-refractivity contribution in [2.75, 3.05) is 23.7 Å². The van der Waals surface area contributed by atoms with Crippen LogP contribution in [-0.2, 0) is 32.3 Å². The number of halogens is 4. The molecule has 2 aromatic rings. The minimum Gasteiger partial charge on any atom is -0.354 e. The van der Waals surface area contributed by atoms with E-state index in [1.165, 1.54) is 11.0 Å². The van der Waals surface area contributed by atoms with Crippen LogP contribution >= 0.6 is 11.6 Å². The van der Waals surface area contributed by atoms with Gasteiger partial charge in [-0.05, 0) is 49.1 Å². The number of anilines is 1. The first-order chi connectivity index (χ1) is 18.3. The normalized spacial score (nSPS) is 12.6. The van der Waals surface area contributed by atoms with E-state index in [1.807, 2.05) is 6.92 Å². The second-order valence-electron chi connectivity index (χ2n) is 9.17. The van der Waals surface area contributed by atoms with Crippen molar-refractivity contribution in [3.63, 3.8) is 0 Å². The van der Waals surface area contributed by atoms with E-state index in [4.69, 9.17) is 11.6 Å². The van der Waals surface area contributed by atoms with Gasteiger partial charge in [-0.3, -0.25) is 13.9 Å². The van der Waals surface area contributed by atoms with Crippen LogP contribution in [0.4, 0.5) is 18.9 Å². The number of alkyl halides is 3. The summed E-state index contributed by atoms with van der Waals surface area (Å²) in [5.74, 6) is -0.696. The third kappa shape index (κ3) is 9.72. The first-order valence-corrected chi connectivity index (χ1v) is 15.0. The molecule has 0 aliphatic heterocycles. The molecule has 0 heterocycles. The van der Waals surface area contributed by atoms with E-state index in [9.17, 15) is 31.2 Å². The largest absolute Gasteiger partial charge is 0.416 e. The van der Waals surface area contributed by atoms with E-state index < -0.39 is 33.7 Å². The minimum atomic E-state index is -4.64. The van der Waals surface area contributed by atoms with Gasteiger partial charge in [-0.15, -0.1) is 0 Å². The maximum absolute atomic E-state index is 13.4. The minimum absolute atomic E-state index is 0.0229. The molecule has 0 fully saturated rings. The van der Waals surface area contributed by atoms with Crippen molar-refractivity contribution < 1.29 is 31.2 Å². The van der Waals surface area contributed by atoms with Crippen LogP contribution in [-0.4, -0.2) is 50.5 Å². The highest BCUT2D eigenvalue weighted by Gasteiger charge is 2.32. The van der Waals surface area contributed by atoms with E-state index in [1.54, 1.807) is 31.2 Å². The number of amides is 2. The van der Waals surface area contributed by atoms with Crippen LogP contribution in [0, 0.1) is 0 Å². The summed E-state index contributed by atoms with van der Waals surface area (Å²) in [6.45, 7) is 4.11. The van der Waals surface area contributed by atoms with Gasteiger partial charge in [0.1, 0.15) is 6.04 Å². The van der Waals surface area contributed by atoms with Gasteiger partial charge in [0.15, 0.2) is 0 Å². The molecule has 1 atom stereocenters. The molecule has 0 saturated carbocycles. The standard InChI is InChI=1S/C27H35ClF3N3O4S/c1-4-6-16-32-26(36)24(5-2)33(19-20-11-7-8-14-23(20)28)25(35)15-10-17-34(39(3,37)38)22-13-9-12-21(18-22)27(29,30)31/h7-9,11-14,18,24H,4-6,10,15-17,19H2,1-3H3,(H,32,36)/t24-/m1/s1. The van der Waals surface area contributed by atoms with Crippen molar-refractivity contribution >= 4 is 39.1 Å². The summed E-state index contributed by atoms with van der Waals surface area (Å²) in [6, 6.07) is 10.2. The van der Waals surface area contributed by atoms with Gasteiger partial charge >= 0.3 is 6.18 Å². The second kappa shape index (κ2) is 14.6. The molecule has 0 spiro atoms. The lowest BCUT2D eigenvalue weighted by Gasteiger charge is -2.31. The number of hydrogen-bond acceptors (Lipinski definition) is 4. The van der Waals surface area contributed by atoms with E-state index in [0.29, 0.717) is 23.6 Å². The maximum Gasteiger partial charge on any atom is 0.416 e. The second-order valence-corrected chi connectivity index (χ2v) is 11.5. The molecule has 0 aromatic heterocycles. The quantitative estimate of drug-likeness (QED) is 0.289. The van der Waals surface area contributed by atoms with Crippen molar-refractivity contribution in [2.24, 2.45) is 0 Å². The number of unbranched alkanes of at least 4 members (excludes halogenated alkanes) is 1. The van der Waals surface area contributed by atoms with Gasteiger partial charge in [0.25, 0.3) is 0 Å². The Kier molecular flexibility index (Phi) is 12.1. The SMILES string of the molecule is CCCCNC(=O)[C@@H](CC)N(Cc1ccccc1Cl)C(=O)CCCN(c1cccc(C(F)(F)F)c1)S(C)(=O)=O. The molecule has 12 heteroatoms. The van der Waals surface area contributed by atoms with Gasteiger partial charge in [0.05, 0.1) is 17.5 Å². The molecule has 216 valence electrons. The number of rotatable bonds is 14. The number of carbonyl (C=O) groups excluding carboxylic acids is 2. The zero-order chi connectivity index (χ0) is 29.2. The van der Waals surface area contributed by atoms with Gasteiger partial charge in [-0.1, -0.05) is 56.1 Å². The summed E-state index contributed by atoms with van der Waals surface area (Å²) in [5, 5.41) is 3.29. The lowest BCUT2D eigenvalue weighted by atomic mass is 10.1. The van der Waals surface area contributed by atoms with Crippen LogP contribution in [0.2, 0.25) is 5.02 Å². The zero-order valence-corrected chi connectivity index (χ0v) is 23.9. The Morgan fingerprint density at radius 3 is 2.33 bits per heavy atom. The number of benzene rings is 2. The lowest BCUT2D eigenvalue weighted by Crippen LogP contribution is -2.49. The van der Waals surface area contributed by atoms with Crippen LogP contribution < -0.4 is 9.62 Å². The molecule has 0 radical (unpaired) electrons. The summed E-state index contributed by atoms with van der Waals surface area (Å²) < 4.78 is 65.3. The van der Waals surface area contributed by atoms with Crippen LogP contribution in [0.25, 0.3) is 0 Å². The van der Waals surface area contributed by atoms with Gasteiger partial charge in [0.2, 0.25) is 21.8 Å². The first kappa shape index (κ1) is 32.4. The van der Waals surface area contributed by atoms with Crippen LogP contribution in [0.1, 0.15) is 57.1 Å². The molecule has 0 bridgehead atoms. The lowest BCUT2D eigenvalue weighted by molar-refractivity contribution is -0.141. The molecule has 2 aromatic carbocycles. The third-order valence-corrected chi connectivity index (χ3v) is 7.69. The van der Waals surface area contributed by atoms with Gasteiger partial charge in [-0.2, -0.15) is 13.2 Å². The highest BCUT2D eigenvalue weighted by Crippen LogP contribution is 2.32. The first-order valence-electron chi connectivity index (χ1n) is 12.7. The van der Waals surface area contributed by atoms with E-state index in [2.05, 4.69) is 5.32 Å². The predicted octanol–water partition coefficient (Wildman–Crippen LogP) is 5.63. The fraction of sp³-hybridized carbons (Fsp3) is 0.481. The fourth-order valence-electron chi connectivity index (χ4n) is 4.08. The van der Waals surface area contributed by atoms with E-state index >= 15 is 0 Å². The maximum atomic E-state index is 13.4. The highest BCUT2D eigenvalue weighted by atomic mass is 35.5. The monoisotopic (exact) mass is 589 g/mol. The number of nitrogens with zero attached hydrogens (tertiary/aromatic N) is 2. The number of carbonyl (C=O) groups is 2. The summed E-state index contributed by atoms with van der Waals surface area (Å²) >= 11 is 6.32. The summed E-state index contributed by atoms with van der Waals surface area (Å²) in [5.41, 5.74) is -0.473. The molecule has 0 aliphatic carbocycles. The molecule has 1 N–H and O–H groups in total. The number of nitrogens with one attached hydrogen (secondary N) is 1. The van der Waals surface area contributed by atoms with Crippen molar-refractivity contribution in [1.82, 2.24) is 10.2 Å².